The van der Waals surface area contributed by atoms with Crippen molar-refractivity contribution in [3.8, 4) is 5.75 Å². The highest BCUT2D eigenvalue weighted by atomic mass is 16.5. The van der Waals surface area contributed by atoms with Crippen LogP contribution in [0.3, 0.4) is 0 Å². The van der Waals surface area contributed by atoms with Crippen LogP contribution in [-0.4, -0.2) is 56.5 Å². The zero-order valence-corrected chi connectivity index (χ0v) is 17.0. The molecule has 0 aliphatic carbocycles. The van der Waals surface area contributed by atoms with Crippen molar-refractivity contribution in [3.05, 3.63) is 54.1 Å². The molecule has 2 aliphatic heterocycles. The number of piperazine rings is 1. The zero-order chi connectivity index (χ0) is 20.4. The monoisotopic (exact) mass is 393 g/mol. The summed E-state index contributed by atoms with van der Waals surface area (Å²) in [5, 5.41) is 0. The van der Waals surface area contributed by atoms with E-state index in [1.165, 1.54) is 11.3 Å². The maximum absolute atomic E-state index is 13.1. The van der Waals surface area contributed by atoms with Gasteiger partial charge in [-0.05, 0) is 36.8 Å². The number of ether oxygens (including phenoxy) is 1. The first-order chi connectivity index (χ1) is 14.1. The van der Waals surface area contributed by atoms with Gasteiger partial charge >= 0.3 is 0 Å². The number of carbonyl (C=O) groups excluding carboxylic acids is 2. The second kappa shape index (κ2) is 8.15. The molecule has 29 heavy (non-hydrogen) atoms. The number of hydrogen-bond acceptors (Lipinski definition) is 4. The van der Waals surface area contributed by atoms with Crippen molar-refractivity contribution in [2.24, 2.45) is 5.92 Å². The topological polar surface area (TPSA) is 53.1 Å². The summed E-state index contributed by atoms with van der Waals surface area (Å²) in [6, 6.07) is 15.9. The van der Waals surface area contributed by atoms with Crippen molar-refractivity contribution in [2.45, 2.75) is 13.3 Å². The number of aryl methyl sites for hydroxylation is 1. The molecule has 0 spiro atoms. The van der Waals surface area contributed by atoms with Gasteiger partial charge in [0.05, 0.1) is 18.7 Å². The number of anilines is 2. The fourth-order valence-electron chi connectivity index (χ4n) is 4.23. The summed E-state index contributed by atoms with van der Waals surface area (Å²) in [5.41, 5.74) is 3.18. The van der Waals surface area contributed by atoms with Crippen molar-refractivity contribution >= 4 is 23.2 Å². The molecule has 0 aromatic heterocycles. The molecular formula is C23H27N3O3. The quantitative estimate of drug-likeness (QED) is 0.802. The molecule has 2 aromatic rings. The van der Waals surface area contributed by atoms with Crippen LogP contribution in [0.4, 0.5) is 11.4 Å². The molecule has 4 rings (SSSR count). The molecule has 2 aliphatic rings. The van der Waals surface area contributed by atoms with E-state index in [2.05, 4.69) is 36.1 Å². The lowest BCUT2D eigenvalue weighted by Crippen LogP contribution is -2.50. The lowest BCUT2D eigenvalue weighted by Gasteiger charge is -2.37. The molecule has 1 atom stereocenters. The van der Waals surface area contributed by atoms with E-state index in [0.29, 0.717) is 25.4 Å². The van der Waals surface area contributed by atoms with Crippen molar-refractivity contribution < 1.29 is 14.3 Å². The van der Waals surface area contributed by atoms with Gasteiger partial charge < -0.3 is 19.4 Å². The third kappa shape index (κ3) is 3.92. The molecule has 0 saturated carbocycles. The molecule has 0 bridgehead atoms. The van der Waals surface area contributed by atoms with Crippen LogP contribution in [0, 0.1) is 12.8 Å². The zero-order valence-electron chi connectivity index (χ0n) is 17.0. The minimum atomic E-state index is -0.294. The van der Waals surface area contributed by atoms with Crippen molar-refractivity contribution in [1.82, 2.24) is 4.90 Å². The summed E-state index contributed by atoms with van der Waals surface area (Å²) in [4.78, 5) is 31.6. The Kier molecular flexibility index (Phi) is 5.43. The largest absolute Gasteiger partial charge is 0.495 e. The highest BCUT2D eigenvalue weighted by Crippen LogP contribution is 2.33. The molecule has 152 valence electrons. The first-order valence-electron chi connectivity index (χ1n) is 10.1. The maximum atomic E-state index is 13.1. The normalized spacial score (nSPS) is 19.6. The first-order valence-corrected chi connectivity index (χ1v) is 10.1. The summed E-state index contributed by atoms with van der Waals surface area (Å²) >= 11 is 0. The summed E-state index contributed by atoms with van der Waals surface area (Å²) < 4.78 is 5.39. The van der Waals surface area contributed by atoms with E-state index in [-0.39, 0.29) is 24.2 Å². The van der Waals surface area contributed by atoms with Gasteiger partial charge in [0, 0.05) is 44.8 Å². The van der Waals surface area contributed by atoms with E-state index >= 15 is 0 Å². The summed E-state index contributed by atoms with van der Waals surface area (Å²) in [6.45, 7) is 5.50. The molecule has 0 unspecified atom stereocenters. The van der Waals surface area contributed by atoms with E-state index in [1.54, 1.807) is 12.0 Å². The maximum Gasteiger partial charge on any atom is 0.228 e. The first kappa shape index (κ1) is 19.3. The Balaban J connectivity index is 1.39. The number of para-hydroxylation sites is 2. The van der Waals surface area contributed by atoms with Crippen LogP contribution in [-0.2, 0) is 9.59 Å². The number of rotatable bonds is 4. The third-order valence-electron chi connectivity index (χ3n) is 5.81. The minimum absolute atomic E-state index is 0.0220. The summed E-state index contributed by atoms with van der Waals surface area (Å²) in [5.74, 6) is 0.421. The Hall–Kier alpha value is -3.02. The van der Waals surface area contributed by atoms with Gasteiger partial charge in [-0.2, -0.15) is 0 Å². The van der Waals surface area contributed by atoms with Crippen LogP contribution in [0.25, 0.3) is 0 Å². The summed E-state index contributed by atoms with van der Waals surface area (Å²) in [6.07, 6.45) is 0.259. The Morgan fingerprint density at radius 3 is 2.52 bits per heavy atom. The summed E-state index contributed by atoms with van der Waals surface area (Å²) in [7, 11) is 1.59. The predicted octanol–water partition coefficient (Wildman–Crippen LogP) is 2.71. The van der Waals surface area contributed by atoms with E-state index in [0.717, 1.165) is 18.8 Å². The number of benzene rings is 2. The average molecular weight is 393 g/mol. The molecule has 2 heterocycles. The van der Waals surface area contributed by atoms with Crippen molar-refractivity contribution in [3.63, 3.8) is 0 Å². The van der Waals surface area contributed by atoms with Crippen LogP contribution >= 0.6 is 0 Å². The number of amides is 2. The number of methoxy groups -OCH3 is 1. The second-order valence-electron chi connectivity index (χ2n) is 7.73. The molecule has 2 aromatic carbocycles. The number of carbonyl (C=O) groups is 2. The van der Waals surface area contributed by atoms with Gasteiger partial charge in [-0.1, -0.05) is 24.3 Å². The lowest BCUT2D eigenvalue weighted by atomic mass is 10.1. The molecule has 2 fully saturated rings. The lowest BCUT2D eigenvalue weighted by molar-refractivity contribution is -0.136. The third-order valence-corrected chi connectivity index (χ3v) is 5.81. The van der Waals surface area contributed by atoms with Gasteiger partial charge in [0.1, 0.15) is 5.75 Å². The highest BCUT2D eigenvalue weighted by Gasteiger charge is 2.38. The van der Waals surface area contributed by atoms with E-state index in [1.807, 2.05) is 29.2 Å². The van der Waals surface area contributed by atoms with Gasteiger partial charge in [-0.25, -0.2) is 0 Å². The Bertz CT molecular complexity index is 906. The standard InChI is InChI=1S/C23H27N3O3/c1-17-6-5-7-19(14-17)24-10-12-25(13-11-24)23(28)18-15-22(27)26(16-18)20-8-3-4-9-21(20)29-2/h3-9,14,18H,10-13,15-16H2,1-2H3/t18-/m0/s1. The molecule has 2 saturated heterocycles. The van der Waals surface area contributed by atoms with E-state index in [4.69, 9.17) is 4.74 Å². The van der Waals surface area contributed by atoms with Crippen molar-refractivity contribution in [2.75, 3.05) is 49.6 Å². The Morgan fingerprint density at radius 2 is 1.79 bits per heavy atom. The number of hydrogen-bond donors (Lipinski definition) is 0. The highest BCUT2D eigenvalue weighted by molar-refractivity contribution is 6.01. The fourth-order valence-corrected chi connectivity index (χ4v) is 4.23. The van der Waals surface area contributed by atoms with Gasteiger partial charge in [0.2, 0.25) is 11.8 Å². The van der Waals surface area contributed by atoms with Crippen LogP contribution in [0.15, 0.2) is 48.5 Å². The molecule has 6 nitrogen and oxygen atoms in total. The van der Waals surface area contributed by atoms with E-state index in [9.17, 15) is 9.59 Å². The Morgan fingerprint density at radius 1 is 1.03 bits per heavy atom. The average Bonchev–Trinajstić information content (AvgIpc) is 3.14. The molecule has 6 heteroatoms. The number of nitrogens with zero attached hydrogens (tertiary/aromatic N) is 3. The minimum Gasteiger partial charge on any atom is -0.495 e. The second-order valence-corrected chi connectivity index (χ2v) is 7.73. The van der Waals surface area contributed by atoms with Gasteiger partial charge in [-0.3, -0.25) is 9.59 Å². The Labute approximate surface area is 171 Å². The van der Waals surface area contributed by atoms with Crippen LogP contribution < -0.4 is 14.5 Å². The molecular weight excluding hydrogens is 366 g/mol. The molecule has 0 N–H and O–H groups in total. The van der Waals surface area contributed by atoms with Crippen molar-refractivity contribution in [1.29, 1.82) is 0 Å². The molecule has 0 radical (unpaired) electrons. The van der Waals surface area contributed by atoms with Crippen LogP contribution in [0.1, 0.15) is 12.0 Å². The van der Waals surface area contributed by atoms with Gasteiger partial charge in [0.15, 0.2) is 0 Å². The predicted molar refractivity (Wildman–Crippen MR) is 113 cm³/mol. The van der Waals surface area contributed by atoms with Crippen LogP contribution in [0.2, 0.25) is 0 Å². The SMILES string of the molecule is COc1ccccc1N1C[C@@H](C(=O)N2CCN(c3cccc(C)c3)CC2)CC1=O. The van der Waals surface area contributed by atoms with Crippen LogP contribution in [0.5, 0.6) is 5.75 Å². The van der Waals surface area contributed by atoms with Gasteiger partial charge in [0.25, 0.3) is 0 Å². The van der Waals surface area contributed by atoms with Gasteiger partial charge in [-0.15, -0.1) is 0 Å². The van der Waals surface area contributed by atoms with E-state index < -0.39 is 0 Å². The smallest absolute Gasteiger partial charge is 0.228 e. The fraction of sp³-hybridized carbons (Fsp3) is 0.391. The molecule has 2 amide bonds.